The zero-order valence-electron chi connectivity index (χ0n) is 10.3. The fourth-order valence-electron chi connectivity index (χ4n) is 1.59. The van der Waals surface area contributed by atoms with Crippen molar-refractivity contribution in [2.45, 2.75) is 16.5 Å². The molecule has 2 rings (SSSR count). The number of hydrogen-bond donors (Lipinski definition) is 1. The first kappa shape index (κ1) is 14.8. The molecule has 0 aromatic carbocycles. The third kappa shape index (κ3) is 3.71. The van der Waals surface area contributed by atoms with Crippen molar-refractivity contribution in [1.82, 2.24) is 9.97 Å². The molecule has 2 aromatic rings. The van der Waals surface area contributed by atoms with Crippen molar-refractivity contribution in [2.75, 3.05) is 6.54 Å². The number of alkyl halides is 3. The van der Waals surface area contributed by atoms with Crippen LogP contribution in [0.3, 0.4) is 0 Å². The van der Waals surface area contributed by atoms with Crippen molar-refractivity contribution in [2.24, 2.45) is 5.73 Å². The lowest BCUT2D eigenvalue weighted by atomic mass is 10.2. The van der Waals surface area contributed by atoms with Crippen LogP contribution in [0.25, 0.3) is 0 Å². The van der Waals surface area contributed by atoms with Crippen molar-refractivity contribution in [1.29, 1.82) is 0 Å². The molecule has 0 fully saturated rings. The van der Waals surface area contributed by atoms with Gasteiger partial charge in [0.1, 0.15) is 0 Å². The van der Waals surface area contributed by atoms with Gasteiger partial charge in [-0.1, -0.05) is 11.8 Å². The van der Waals surface area contributed by atoms with Crippen LogP contribution in [0, 0.1) is 0 Å². The van der Waals surface area contributed by atoms with Gasteiger partial charge in [0.25, 0.3) is 0 Å². The second-order valence-corrected chi connectivity index (χ2v) is 5.23. The lowest BCUT2D eigenvalue weighted by molar-refractivity contribution is -0.137. The molecule has 0 saturated carbocycles. The highest BCUT2D eigenvalue weighted by Gasteiger charge is 2.30. The number of nitrogens with zero attached hydrogens (tertiary/aromatic N) is 2. The van der Waals surface area contributed by atoms with E-state index in [1.807, 2.05) is 12.1 Å². The van der Waals surface area contributed by atoms with Crippen LogP contribution in [0.4, 0.5) is 13.2 Å². The van der Waals surface area contributed by atoms with Gasteiger partial charge in [-0.15, -0.1) is 0 Å². The van der Waals surface area contributed by atoms with Crippen molar-refractivity contribution < 1.29 is 13.2 Å². The Morgan fingerprint density at radius 3 is 2.35 bits per heavy atom. The second kappa shape index (κ2) is 6.23. The fourth-order valence-corrected chi connectivity index (χ4v) is 2.53. The minimum Gasteiger partial charge on any atom is -0.329 e. The molecular weight excluding hydrogens is 287 g/mol. The monoisotopic (exact) mass is 299 g/mol. The maximum Gasteiger partial charge on any atom is 0.417 e. The lowest BCUT2D eigenvalue weighted by Gasteiger charge is -2.14. The van der Waals surface area contributed by atoms with E-state index in [1.54, 1.807) is 12.4 Å². The summed E-state index contributed by atoms with van der Waals surface area (Å²) in [6, 6.07) is 6.04. The summed E-state index contributed by atoms with van der Waals surface area (Å²) in [7, 11) is 0. The van der Waals surface area contributed by atoms with Crippen LogP contribution in [-0.4, -0.2) is 16.5 Å². The van der Waals surface area contributed by atoms with Crippen LogP contribution in [-0.2, 0) is 6.18 Å². The molecule has 1 unspecified atom stereocenters. The molecular formula is C13H12F3N3S. The summed E-state index contributed by atoms with van der Waals surface area (Å²) in [5, 5.41) is 0.437. The lowest BCUT2D eigenvalue weighted by Crippen LogP contribution is -2.10. The van der Waals surface area contributed by atoms with Crippen molar-refractivity contribution in [3.63, 3.8) is 0 Å². The normalized spacial score (nSPS) is 13.2. The van der Waals surface area contributed by atoms with Gasteiger partial charge >= 0.3 is 6.18 Å². The van der Waals surface area contributed by atoms with Crippen molar-refractivity contribution >= 4 is 11.8 Å². The zero-order valence-corrected chi connectivity index (χ0v) is 11.2. The molecule has 0 bridgehead atoms. The summed E-state index contributed by atoms with van der Waals surface area (Å²) in [4.78, 5) is 7.75. The van der Waals surface area contributed by atoms with E-state index >= 15 is 0 Å². The predicted molar refractivity (Wildman–Crippen MR) is 71.1 cm³/mol. The number of halogens is 3. The Morgan fingerprint density at radius 1 is 1.15 bits per heavy atom. The van der Waals surface area contributed by atoms with Gasteiger partial charge in [0.05, 0.1) is 10.6 Å². The Morgan fingerprint density at radius 2 is 1.85 bits per heavy atom. The molecule has 2 aromatic heterocycles. The van der Waals surface area contributed by atoms with Gasteiger partial charge < -0.3 is 5.73 Å². The number of nitrogens with two attached hydrogens (primary N) is 1. The minimum absolute atomic E-state index is 0.0674. The number of rotatable bonds is 4. The van der Waals surface area contributed by atoms with E-state index in [1.165, 1.54) is 17.8 Å². The summed E-state index contributed by atoms with van der Waals surface area (Å²) in [5.41, 5.74) is 5.92. The van der Waals surface area contributed by atoms with Crippen LogP contribution in [0.5, 0.6) is 0 Å². The molecule has 2 heterocycles. The Kier molecular flexibility index (Phi) is 4.61. The Hall–Kier alpha value is -1.60. The first-order valence-corrected chi connectivity index (χ1v) is 6.68. The van der Waals surface area contributed by atoms with Crippen LogP contribution in [0.15, 0.2) is 47.9 Å². The van der Waals surface area contributed by atoms with Crippen LogP contribution >= 0.6 is 11.8 Å². The highest BCUT2D eigenvalue weighted by molar-refractivity contribution is 7.99. The molecule has 2 N–H and O–H groups in total. The highest BCUT2D eigenvalue weighted by Crippen LogP contribution is 2.34. The van der Waals surface area contributed by atoms with E-state index in [2.05, 4.69) is 9.97 Å². The quantitative estimate of drug-likeness (QED) is 0.880. The fraction of sp³-hybridized carbons (Fsp3) is 0.231. The van der Waals surface area contributed by atoms with E-state index in [-0.39, 0.29) is 5.25 Å². The largest absolute Gasteiger partial charge is 0.417 e. The predicted octanol–water partition coefficient (Wildman–Crippen LogP) is 3.29. The Balaban J connectivity index is 2.13. The molecule has 0 aliphatic rings. The SMILES string of the molecule is NCC(Sc1ccc(C(F)(F)F)cn1)c1ccncc1. The maximum atomic E-state index is 12.4. The third-order valence-electron chi connectivity index (χ3n) is 2.62. The van der Waals surface area contributed by atoms with Gasteiger partial charge in [0.2, 0.25) is 0 Å². The average molecular weight is 299 g/mol. The second-order valence-electron chi connectivity index (χ2n) is 4.01. The summed E-state index contributed by atoms with van der Waals surface area (Å²) >= 11 is 1.33. The minimum atomic E-state index is -4.37. The van der Waals surface area contributed by atoms with E-state index in [9.17, 15) is 13.2 Å². The molecule has 0 amide bonds. The number of pyridine rings is 2. The number of aromatic nitrogens is 2. The first-order valence-electron chi connectivity index (χ1n) is 5.80. The molecule has 0 radical (unpaired) electrons. The van der Waals surface area contributed by atoms with Crippen LogP contribution in [0.2, 0.25) is 0 Å². The third-order valence-corrected chi connectivity index (χ3v) is 3.85. The summed E-state index contributed by atoms with van der Waals surface area (Å²) in [6.45, 7) is 0.359. The zero-order chi connectivity index (χ0) is 14.6. The highest BCUT2D eigenvalue weighted by atomic mass is 32.2. The molecule has 3 nitrogen and oxygen atoms in total. The van der Waals surface area contributed by atoms with Gasteiger partial charge in [-0.2, -0.15) is 13.2 Å². The van der Waals surface area contributed by atoms with E-state index in [4.69, 9.17) is 5.73 Å². The molecule has 0 saturated heterocycles. The molecule has 0 spiro atoms. The molecule has 0 aliphatic heterocycles. The maximum absolute atomic E-state index is 12.4. The van der Waals surface area contributed by atoms with E-state index < -0.39 is 11.7 Å². The van der Waals surface area contributed by atoms with Gasteiger partial charge in [-0.05, 0) is 29.8 Å². The van der Waals surface area contributed by atoms with Gasteiger partial charge in [0, 0.05) is 30.4 Å². The number of hydrogen-bond acceptors (Lipinski definition) is 4. The summed E-state index contributed by atoms with van der Waals surface area (Å²) in [5.74, 6) is 0. The smallest absolute Gasteiger partial charge is 0.329 e. The Labute approximate surface area is 118 Å². The molecule has 106 valence electrons. The van der Waals surface area contributed by atoms with Crippen LogP contribution < -0.4 is 5.73 Å². The first-order chi connectivity index (χ1) is 9.50. The van der Waals surface area contributed by atoms with E-state index in [0.29, 0.717) is 11.6 Å². The summed E-state index contributed by atoms with van der Waals surface area (Å²) < 4.78 is 37.3. The molecule has 20 heavy (non-hydrogen) atoms. The average Bonchev–Trinajstić information content (AvgIpc) is 2.45. The topological polar surface area (TPSA) is 51.8 Å². The number of thioether (sulfide) groups is 1. The standard InChI is InChI=1S/C13H12F3N3S/c14-13(15,16)10-1-2-12(19-8-10)20-11(7-17)9-3-5-18-6-4-9/h1-6,8,11H,7,17H2. The van der Waals surface area contributed by atoms with E-state index in [0.717, 1.165) is 17.8 Å². The Bertz CT molecular complexity index is 543. The molecule has 7 heteroatoms. The molecule has 0 aliphatic carbocycles. The van der Waals surface area contributed by atoms with Crippen LogP contribution in [0.1, 0.15) is 16.4 Å². The summed E-state index contributed by atoms with van der Waals surface area (Å²) in [6.07, 6.45) is -0.228. The van der Waals surface area contributed by atoms with Gasteiger partial charge in [-0.25, -0.2) is 4.98 Å². The van der Waals surface area contributed by atoms with Gasteiger partial charge in [0.15, 0.2) is 0 Å². The molecule has 1 atom stereocenters. The van der Waals surface area contributed by atoms with Gasteiger partial charge in [-0.3, -0.25) is 4.98 Å². The van der Waals surface area contributed by atoms with Crippen molar-refractivity contribution in [3.05, 3.63) is 54.0 Å². The van der Waals surface area contributed by atoms with Crippen molar-refractivity contribution in [3.8, 4) is 0 Å².